The van der Waals surface area contributed by atoms with Gasteiger partial charge in [-0.1, -0.05) is 6.07 Å². The SMILES string of the molecule is CCOc1ccc(Cn2c(NC3CCCC3O)nc3c2c(=O)n(CC)c(=O)n3CCO)cc1Br. The van der Waals surface area contributed by atoms with E-state index in [0.29, 0.717) is 25.5 Å². The van der Waals surface area contributed by atoms with Crippen molar-refractivity contribution in [2.45, 2.75) is 64.9 Å². The van der Waals surface area contributed by atoms with E-state index in [-0.39, 0.29) is 36.9 Å². The number of halogens is 1. The molecule has 1 aromatic carbocycles. The van der Waals surface area contributed by atoms with Crippen LogP contribution < -0.4 is 21.3 Å². The van der Waals surface area contributed by atoms with Crippen molar-refractivity contribution in [2.75, 3.05) is 18.5 Å². The van der Waals surface area contributed by atoms with Gasteiger partial charge in [0.2, 0.25) is 5.95 Å². The van der Waals surface area contributed by atoms with Crippen molar-refractivity contribution in [3.63, 3.8) is 0 Å². The van der Waals surface area contributed by atoms with Crippen molar-refractivity contribution in [3.8, 4) is 5.75 Å². The normalized spacial score (nSPS) is 18.0. The summed E-state index contributed by atoms with van der Waals surface area (Å²) in [7, 11) is 0. The number of nitrogens with zero attached hydrogens (tertiary/aromatic N) is 4. The molecule has 0 bridgehead atoms. The number of imidazole rings is 1. The highest BCUT2D eigenvalue weighted by atomic mass is 79.9. The minimum absolute atomic E-state index is 0.0206. The summed E-state index contributed by atoms with van der Waals surface area (Å²) in [6.07, 6.45) is 1.85. The molecule has 2 heterocycles. The minimum Gasteiger partial charge on any atom is -0.493 e. The van der Waals surface area contributed by atoms with Gasteiger partial charge in [-0.2, -0.15) is 4.98 Å². The molecule has 2 aromatic heterocycles. The first-order valence-electron chi connectivity index (χ1n) is 11.6. The smallest absolute Gasteiger partial charge is 0.332 e. The predicted molar refractivity (Wildman–Crippen MR) is 133 cm³/mol. The first kappa shape index (κ1) is 24.5. The van der Waals surface area contributed by atoms with Crippen LogP contribution in [0.3, 0.4) is 0 Å². The van der Waals surface area contributed by atoms with Crippen LogP contribution in [0.1, 0.15) is 38.7 Å². The molecule has 0 spiro atoms. The first-order valence-corrected chi connectivity index (χ1v) is 12.4. The highest BCUT2D eigenvalue weighted by Gasteiger charge is 2.28. The summed E-state index contributed by atoms with van der Waals surface area (Å²) in [5, 5.41) is 23.2. The van der Waals surface area contributed by atoms with E-state index in [0.717, 1.165) is 33.2 Å². The predicted octanol–water partition coefficient (Wildman–Crippen LogP) is 1.91. The largest absolute Gasteiger partial charge is 0.493 e. The summed E-state index contributed by atoms with van der Waals surface area (Å²) in [6.45, 7) is 4.45. The van der Waals surface area contributed by atoms with E-state index in [2.05, 4.69) is 26.2 Å². The van der Waals surface area contributed by atoms with Gasteiger partial charge in [-0.05, 0) is 66.7 Å². The Labute approximate surface area is 204 Å². The van der Waals surface area contributed by atoms with Gasteiger partial charge in [0.05, 0.1) is 42.9 Å². The van der Waals surface area contributed by atoms with Crippen LogP contribution in [0.25, 0.3) is 11.2 Å². The zero-order chi connectivity index (χ0) is 24.4. The Morgan fingerprint density at radius 3 is 2.62 bits per heavy atom. The number of aliphatic hydroxyl groups is 2. The van der Waals surface area contributed by atoms with Crippen LogP contribution in [0.15, 0.2) is 32.3 Å². The highest BCUT2D eigenvalue weighted by Crippen LogP contribution is 2.29. The van der Waals surface area contributed by atoms with Crippen molar-refractivity contribution in [3.05, 3.63) is 49.1 Å². The number of hydrogen-bond acceptors (Lipinski definition) is 7. The minimum atomic E-state index is -0.514. The summed E-state index contributed by atoms with van der Waals surface area (Å²) in [5.74, 6) is 1.13. The maximum Gasteiger partial charge on any atom is 0.332 e. The van der Waals surface area contributed by atoms with Gasteiger partial charge in [0, 0.05) is 6.54 Å². The Bertz CT molecular complexity index is 1300. The second-order valence-corrected chi connectivity index (χ2v) is 9.20. The summed E-state index contributed by atoms with van der Waals surface area (Å²) >= 11 is 3.54. The second-order valence-electron chi connectivity index (χ2n) is 8.35. The Balaban J connectivity index is 1.90. The van der Waals surface area contributed by atoms with E-state index in [4.69, 9.17) is 4.74 Å². The molecule has 0 radical (unpaired) electrons. The fourth-order valence-corrected chi connectivity index (χ4v) is 5.05. The number of benzene rings is 1. The number of aromatic nitrogens is 4. The number of hydrogen-bond donors (Lipinski definition) is 3. The summed E-state index contributed by atoms with van der Waals surface area (Å²) in [5.41, 5.74) is 0.444. The van der Waals surface area contributed by atoms with Gasteiger partial charge < -0.3 is 20.3 Å². The van der Waals surface area contributed by atoms with Crippen LogP contribution >= 0.6 is 15.9 Å². The van der Waals surface area contributed by atoms with Crippen molar-refractivity contribution < 1.29 is 14.9 Å². The van der Waals surface area contributed by atoms with Crippen LogP contribution in [-0.4, -0.2) is 54.3 Å². The Hall–Kier alpha value is -2.63. The number of fused-ring (bicyclic) bond motifs is 1. The van der Waals surface area contributed by atoms with Crippen molar-refractivity contribution in [1.82, 2.24) is 18.7 Å². The number of rotatable bonds is 9. The van der Waals surface area contributed by atoms with Gasteiger partial charge in [-0.3, -0.25) is 18.5 Å². The molecule has 1 saturated carbocycles. The molecule has 34 heavy (non-hydrogen) atoms. The zero-order valence-electron chi connectivity index (χ0n) is 19.3. The highest BCUT2D eigenvalue weighted by molar-refractivity contribution is 9.10. The van der Waals surface area contributed by atoms with Crippen LogP contribution in [0.4, 0.5) is 5.95 Å². The summed E-state index contributed by atoms with van der Waals surface area (Å²) in [4.78, 5) is 31.0. The van der Waals surface area contributed by atoms with E-state index < -0.39 is 17.4 Å². The summed E-state index contributed by atoms with van der Waals surface area (Å²) < 4.78 is 10.6. The maximum atomic E-state index is 13.4. The number of anilines is 1. The van der Waals surface area contributed by atoms with Gasteiger partial charge in [0.15, 0.2) is 11.2 Å². The van der Waals surface area contributed by atoms with E-state index >= 15 is 0 Å². The Morgan fingerprint density at radius 1 is 1.21 bits per heavy atom. The van der Waals surface area contributed by atoms with Crippen LogP contribution in [-0.2, 0) is 19.6 Å². The molecule has 3 N–H and O–H groups in total. The van der Waals surface area contributed by atoms with E-state index in [1.807, 2.05) is 25.1 Å². The molecule has 2 unspecified atom stereocenters. The lowest BCUT2D eigenvalue weighted by molar-refractivity contribution is 0.171. The lowest BCUT2D eigenvalue weighted by atomic mass is 10.2. The van der Waals surface area contributed by atoms with Crippen molar-refractivity contribution in [2.24, 2.45) is 0 Å². The summed E-state index contributed by atoms with van der Waals surface area (Å²) in [6, 6.07) is 5.50. The van der Waals surface area contributed by atoms with Crippen molar-refractivity contribution >= 4 is 33.0 Å². The van der Waals surface area contributed by atoms with Crippen LogP contribution in [0.2, 0.25) is 0 Å². The molecule has 11 heteroatoms. The average Bonchev–Trinajstić information content (AvgIpc) is 3.37. The third-order valence-electron chi connectivity index (χ3n) is 6.19. The Kier molecular flexibility index (Phi) is 7.44. The number of aliphatic hydroxyl groups excluding tert-OH is 2. The average molecular weight is 536 g/mol. The molecule has 184 valence electrons. The maximum absolute atomic E-state index is 13.4. The fourth-order valence-electron chi connectivity index (χ4n) is 4.51. The third-order valence-corrected chi connectivity index (χ3v) is 6.80. The van der Waals surface area contributed by atoms with Gasteiger partial charge in [-0.25, -0.2) is 4.79 Å². The standard InChI is InChI=1S/C23H30BrN5O5/c1-3-27-21(32)19-20(28(10-11-30)23(27)33)26-22(25-16-6-5-7-17(16)31)29(19)13-14-8-9-18(34-4-2)15(24)12-14/h8-9,12,16-17,30-31H,3-7,10-11,13H2,1-2H3,(H,25,26). The molecule has 0 saturated heterocycles. The number of ether oxygens (including phenoxy) is 1. The molecule has 0 aliphatic heterocycles. The van der Waals surface area contributed by atoms with Crippen LogP contribution in [0, 0.1) is 0 Å². The molecule has 1 aliphatic rings. The van der Waals surface area contributed by atoms with E-state index in [1.54, 1.807) is 11.5 Å². The second kappa shape index (κ2) is 10.3. The van der Waals surface area contributed by atoms with Gasteiger partial charge in [-0.15, -0.1) is 0 Å². The topological polar surface area (TPSA) is 124 Å². The molecular weight excluding hydrogens is 506 g/mol. The lowest BCUT2D eigenvalue weighted by Crippen LogP contribution is -2.40. The van der Waals surface area contributed by atoms with E-state index in [1.165, 1.54) is 4.57 Å². The zero-order valence-corrected chi connectivity index (χ0v) is 20.9. The Morgan fingerprint density at radius 2 is 2.00 bits per heavy atom. The molecule has 1 fully saturated rings. The van der Waals surface area contributed by atoms with Gasteiger partial charge in [0.25, 0.3) is 5.56 Å². The molecule has 4 rings (SSSR count). The molecule has 0 amide bonds. The van der Waals surface area contributed by atoms with Crippen molar-refractivity contribution in [1.29, 1.82) is 0 Å². The molecular formula is C23H30BrN5O5. The molecule has 3 aromatic rings. The monoisotopic (exact) mass is 535 g/mol. The van der Waals surface area contributed by atoms with Crippen LogP contribution in [0.5, 0.6) is 5.75 Å². The van der Waals surface area contributed by atoms with Gasteiger partial charge in [0.1, 0.15) is 5.75 Å². The third kappa shape index (κ3) is 4.51. The fraction of sp³-hybridized carbons (Fsp3) is 0.522. The quantitative estimate of drug-likeness (QED) is 0.382. The lowest BCUT2D eigenvalue weighted by Gasteiger charge is -2.18. The molecule has 10 nitrogen and oxygen atoms in total. The van der Waals surface area contributed by atoms with E-state index in [9.17, 15) is 19.8 Å². The first-order chi connectivity index (χ1) is 16.4. The number of nitrogens with one attached hydrogen (secondary N) is 1. The molecule has 2 atom stereocenters. The van der Waals surface area contributed by atoms with Gasteiger partial charge >= 0.3 is 5.69 Å². The molecule has 1 aliphatic carbocycles.